The zero-order valence-corrected chi connectivity index (χ0v) is 22.2. The molecule has 0 aliphatic heterocycles. The van der Waals surface area contributed by atoms with Crippen molar-refractivity contribution in [3.8, 4) is 0 Å². The summed E-state index contributed by atoms with van der Waals surface area (Å²) in [5, 5.41) is 21.0. The van der Waals surface area contributed by atoms with Crippen molar-refractivity contribution in [1.29, 1.82) is 0 Å². The molecule has 4 saturated carbocycles. The molecule has 186 valence electrons. The van der Waals surface area contributed by atoms with Crippen LogP contribution in [0.25, 0.3) is 0 Å². The number of carboxylic acids is 1. The molecule has 0 radical (unpaired) electrons. The van der Waals surface area contributed by atoms with E-state index in [4.69, 9.17) is 0 Å². The van der Waals surface area contributed by atoms with E-state index in [0.717, 1.165) is 38.5 Å². The van der Waals surface area contributed by atoms with Gasteiger partial charge in [-0.05, 0) is 109 Å². The summed E-state index contributed by atoms with van der Waals surface area (Å²) in [6, 6.07) is 0. The Balaban J connectivity index is 1.57. The van der Waals surface area contributed by atoms with Crippen molar-refractivity contribution in [2.45, 2.75) is 106 Å². The van der Waals surface area contributed by atoms with Crippen LogP contribution in [0.1, 0.15) is 99.8 Å². The SMILES string of the molecule is C[C@@H]1[C@@H]2C3=CC[C@@H]4[C@@]5(C)CC[C@H](O)C(C)(C)[C@@H]5CC[C@@]4(C)[C@]3(C)CC[C@@H]2[C@H](C(=O)O)C[C@H]1C. The molecular formula is C30H48O3. The van der Waals surface area contributed by atoms with Gasteiger partial charge in [-0.1, -0.05) is 60.1 Å². The summed E-state index contributed by atoms with van der Waals surface area (Å²) in [6.45, 7) is 17.1. The average Bonchev–Trinajstić information content (AvgIpc) is 2.73. The van der Waals surface area contributed by atoms with Crippen LogP contribution in [-0.4, -0.2) is 22.3 Å². The van der Waals surface area contributed by atoms with Crippen molar-refractivity contribution in [2.24, 2.45) is 63.1 Å². The van der Waals surface area contributed by atoms with Crippen LogP contribution in [-0.2, 0) is 4.79 Å². The molecule has 0 spiro atoms. The number of carboxylic acid groups (broad SMARTS) is 1. The van der Waals surface area contributed by atoms with Gasteiger partial charge < -0.3 is 10.2 Å². The minimum Gasteiger partial charge on any atom is -0.481 e. The lowest BCUT2D eigenvalue weighted by Crippen LogP contribution is -2.64. The Morgan fingerprint density at radius 2 is 1.67 bits per heavy atom. The van der Waals surface area contributed by atoms with Gasteiger partial charge in [-0.2, -0.15) is 0 Å². The fourth-order valence-electron chi connectivity index (χ4n) is 10.9. The van der Waals surface area contributed by atoms with Crippen molar-refractivity contribution < 1.29 is 15.0 Å². The first-order valence-corrected chi connectivity index (χ1v) is 13.9. The highest BCUT2D eigenvalue weighted by molar-refractivity contribution is 5.71. The lowest BCUT2D eigenvalue weighted by Gasteiger charge is -2.70. The normalized spacial score (nSPS) is 55.3. The van der Waals surface area contributed by atoms with Gasteiger partial charge in [0.05, 0.1) is 12.0 Å². The summed E-state index contributed by atoms with van der Waals surface area (Å²) in [4.78, 5) is 12.2. The van der Waals surface area contributed by atoms with Gasteiger partial charge in [-0.15, -0.1) is 0 Å². The number of aliphatic carboxylic acids is 1. The van der Waals surface area contributed by atoms with E-state index < -0.39 is 5.97 Å². The highest BCUT2D eigenvalue weighted by atomic mass is 16.4. The van der Waals surface area contributed by atoms with Crippen LogP contribution in [0.4, 0.5) is 0 Å². The second-order valence-corrected chi connectivity index (χ2v) is 14.4. The fourth-order valence-corrected chi connectivity index (χ4v) is 10.9. The number of hydrogen-bond donors (Lipinski definition) is 2. The second kappa shape index (κ2) is 7.34. The number of fused-ring (bicyclic) bond motifs is 7. The smallest absolute Gasteiger partial charge is 0.306 e. The highest BCUT2D eigenvalue weighted by Gasteiger charge is 2.67. The largest absolute Gasteiger partial charge is 0.481 e. The summed E-state index contributed by atoms with van der Waals surface area (Å²) >= 11 is 0. The van der Waals surface area contributed by atoms with Crippen molar-refractivity contribution in [3.05, 3.63) is 11.6 Å². The van der Waals surface area contributed by atoms with Gasteiger partial charge >= 0.3 is 5.97 Å². The molecule has 33 heavy (non-hydrogen) atoms. The Morgan fingerprint density at radius 1 is 0.970 bits per heavy atom. The minimum absolute atomic E-state index is 0.0150. The van der Waals surface area contributed by atoms with E-state index in [-0.39, 0.29) is 33.7 Å². The maximum absolute atomic E-state index is 12.2. The number of hydrogen-bond acceptors (Lipinski definition) is 2. The summed E-state index contributed by atoms with van der Waals surface area (Å²) < 4.78 is 0. The first-order chi connectivity index (χ1) is 15.3. The fraction of sp³-hybridized carbons (Fsp3) is 0.900. The van der Waals surface area contributed by atoms with Gasteiger partial charge in [0.25, 0.3) is 0 Å². The first-order valence-electron chi connectivity index (χ1n) is 13.9. The van der Waals surface area contributed by atoms with Gasteiger partial charge in [-0.3, -0.25) is 4.79 Å². The molecule has 0 aromatic carbocycles. The van der Waals surface area contributed by atoms with Crippen LogP contribution in [0.5, 0.6) is 0 Å². The lowest BCUT2D eigenvalue weighted by molar-refractivity contribution is -0.202. The van der Waals surface area contributed by atoms with Crippen LogP contribution in [0, 0.1) is 63.1 Å². The number of aliphatic hydroxyl groups is 1. The Kier molecular flexibility index (Phi) is 5.31. The molecule has 0 unspecified atom stereocenters. The van der Waals surface area contributed by atoms with Crippen LogP contribution >= 0.6 is 0 Å². The molecular weight excluding hydrogens is 408 g/mol. The summed E-state index contributed by atoms with van der Waals surface area (Å²) in [5.41, 5.74) is 2.32. The molecule has 11 atom stereocenters. The third-order valence-electron chi connectivity index (χ3n) is 13.2. The van der Waals surface area contributed by atoms with Gasteiger partial charge in [-0.25, -0.2) is 0 Å². The minimum atomic E-state index is -0.566. The summed E-state index contributed by atoms with van der Waals surface area (Å²) in [6.07, 6.45) is 11.2. The highest BCUT2D eigenvalue weighted by Crippen LogP contribution is 2.74. The van der Waals surface area contributed by atoms with Gasteiger partial charge in [0.15, 0.2) is 0 Å². The topological polar surface area (TPSA) is 57.5 Å². The number of carbonyl (C=O) groups is 1. The quantitative estimate of drug-likeness (QED) is 0.420. The van der Waals surface area contributed by atoms with E-state index in [2.05, 4.69) is 54.5 Å². The van der Waals surface area contributed by atoms with Crippen LogP contribution in [0.15, 0.2) is 11.6 Å². The van der Waals surface area contributed by atoms with Crippen molar-refractivity contribution in [1.82, 2.24) is 0 Å². The van der Waals surface area contributed by atoms with Crippen LogP contribution in [0.2, 0.25) is 0 Å². The molecule has 3 nitrogen and oxygen atoms in total. The predicted molar refractivity (Wildman–Crippen MR) is 133 cm³/mol. The molecule has 0 amide bonds. The van der Waals surface area contributed by atoms with Crippen molar-refractivity contribution in [3.63, 3.8) is 0 Å². The molecule has 4 fully saturated rings. The maximum atomic E-state index is 12.2. The average molecular weight is 457 g/mol. The number of aliphatic hydroxyl groups excluding tert-OH is 1. The standard InChI is InChI=1S/C30H48O3/c1-17-16-20(26(32)33)19-10-14-29(6)21(25(19)18(17)2)8-9-23-28(5)13-12-24(31)27(3,4)22(28)11-15-30(23,29)7/h8,17-20,22-25,31H,9-16H2,1-7H3,(H,32,33)/t17-,18+,19-,20-,22+,23-,24+,25+,28+,29-,30-/m1/s1. The zero-order valence-electron chi connectivity index (χ0n) is 22.2. The Labute approximate surface area is 201 Å². The van der Waals surface area contributed by atoms with E-state index >= 15 is 0 Å². The van der Waals surface area contributed by atoms with E-state index in [9.17, 15) is 15.0 Å². The third-order valence-corrected chi connectivity index (χ3v) is 13.2. The molecule has 0 aromatic heterocycles. The molecule has 5 rings (SSSR count). The molecule has 3 heteroatoms. The predicted octanol–water partition coefficient (Wildman–Crippen LogP) is 6.95. The van der Waals surface area contributed by atoms with Crippen molar-refractivity contribution in [2.75, 3.05) is 0 Å². The molecule has 0 bridgehead atoms. The zero-order chi connectivity index (χ0) is 24.1. The van der Waals surface area contributed by atoms with Crippen LogP contribution in [0.3, 0.4) is 0 Å². The molecule has 0 saturated heterocycles. The molecule has 5 aliphatic carbocycles. The number of allylic oxidation sites excluding steroid dienone is 2. The monoisotopic (exact) mass is 456 g/mol. The Hall–Kier alpha value is -0.830. The first kappa shape index (κ1) is 23.9. The molecule has 5 aliphatic rings. The third kappa shape index (κ3) is 2.93. The van der Waals surface area contributed by atoms with Crippen LogP contribution < -0.4 is 0 Å². The second-order valence-electron chi connectivity index (χ2n) is 14.4. The van der Waals surface area contributed by atoms with Crippen molar-refractivity contribution >= 4 is 5.97 Å². The molecule has 2 N–H and O–H groups in total. The van der Waals surface area contributed by atoms with Gasteiger partial charge in [0.1, 0.15) is 0 Å². The Bertz CT molecular complexity index is 859. The van der Waals surface area contributed by atoms with E-state index in [0.29, 0.717) is 35.5 Å². The molecule has 0 aromatic rings. The van der Waals surface area contributed by atoms with E-state index in [1.54, 1.807) is 5.57 Å². The lowest BCUT2D eigenvalue weighted by atomic mass is 9.34. The maximum Gasteiger partial charge on any atom is 0.306 e. The van der Waals surface area contributed by atoms with E-state index in [1.807, 2.05) is 0 Å². The van der Waals surface area contributed by atoms with Gasteiger partial charge in [0, 0.05) is 0 Å². The summed E-state index contributed by atoms with van der Waals surface area (Å²) in [7, 11) is 0. The molecule has 0 heterocycles. The Morgan fingerprint density at radius 3 is 2.33 bits per heavy atom. The summed E-state index contributed by atoms with van der Waals surface area (Å²) in [5.74, 6) is 2.25. The number of rotatable bonds is 1. The van der Waals surface area contributed by atoms with E-state index in [1.165, 1.54) is 12.8 Å². The van der Waals surface area contributed by atoms with Gasteiger partial charge in [0.2, 0.25) is 0 Å².